The summed E-state index contributed by atoms with van der Waals surface area (Å²) >= 11 is 5.34. The van der Waals surface area contributed by atoms with E-state index in [2.05, 4.69) is 15.9 Å². The van der Waals surface area contributed by atoms with Gasteiger partial charge in [0.2, 0.25) is 5.91 Å². The Kier molecular flexibility index (Phi) is 4.34. The molecule has 2 atom stereocenters. The van der Waals surface area contributed by atoms with Crippen molar-refractivity contribution in [3.05, 3.63) is 0 Å². The van der Waals surface area contributed by atoms with Crippen molar-refractivity contribution in [1.29, 1.82) is 0 Å². The van der Waals surface area contributed by atoms with E-state index in [-0.39, 0.29) is 12.0 Å². The van der Waals surface area contributed by atoms with E-state index < -0.39 is 0 Å². The average Bonchev–Trinajstić information content (AvgIpc) is 2.81. The van der Waals surface area contributed by atoms with E-state index >= 15 is 0 Å². The topological polar surface area (TPSA) is 29.5 Å². The Bertz CT molecular complexity index is 233. The fourth-order valence-electron chi connectivity index (χ4n) is 2.04. The first-order valence-electron chi connectivity index (χ1n) is 5.35. The van der Waals surface area contributed by atoms with E-state index in [9.17, 15) is 4.79 Å². The zero-order valence-corrected chi connectivity index (χ0v) is 11.1. The number of halogens is 1. The number of carbonyl (C=O) groups is 1. The summed E-state index contributed by atoms with van der Waals surface area (Å²) in [5, 5.41) is 0.818. The molecule has 3 nitrogen and oxygen atoms in total. The van der Waals surface area contributed by atoms with Crippen LogP contribution in [0.5, 0.6) is 0 Å². The van der Waals surface area contributed by atoms with E-state index in [0.717, 1.165) is 29.8 Å². The largest absolute Gasteiger partial charge is 0.377 e. The lowest BCUT2D eigenvalue weighted by Gasteiger charge is -2.36. The maximum atomic E-state index is 12.2. The van der Waals surface area contributed by atoms with Gasteiger partial charge in [-0.25, -0.2) is 0 Å². The van der Waals surface area contributed by atoms with Gasteiger partial charge in [-0.2, -0.15) is 11.8 Å². The molecule has 2 aliphatic heterocycles. The number of nitrogens with zero attached hydrogens (tertiary/aromatic N) is 1. The second kappa shape index (κ2) is 5.55. The third-order valence-corrected chi connectivity index (χ3v) is 4.88. The van der Waals surface area contributed by atoms with Crippen molar-refractivity contribution >= 4 is 33.6 Å². The Labute approximate surface area is 103 Å². The molecule has 86 valence electrons. The SMILES string of the molecule is O=C(C1CCSC1)N1CCOCC1CBr. The van der Waals surface area contributed by atoms with E-state index in [1.54, 1.807) is 0 Å². The van der Waals surface area contributed by atoms with E-state index in [1.807, 2.05) is 16.7 Å². The molecule has 2 aliphatic rings. The molecule has 0 spiro atoms. The highest BCUT2D eigenvalue weighted by molar-refractivity contribution is 9.09. The van der Waals surface area contributed by atoms with Crippen LogP contribution < -0.4 is 0 Å². The minimum atomic E-state index is 0.233. The summed E-state index contributed by atoms with van der Waals surface area (Å²) in [6.07, 6.45) is 1.05. The summed E-state index contributed by atoms with van der Waals surface area (Å²) in [5.41, 5.74) is 0. The normalized spacial score (nSPS) is 31.9. The maximum Gasteiger partial charge on any atom is 0.226 e. The number of morpholine rings is 1. The average molecular weight is 294 g/mol. The second-order valence-corrected chi connectivity index (χ2v) is 5.77. The van der Waals surface area contributed by atoms with Crippen LogP contribution in [-0.2, 0) is 9.53 Å². The smallest absolute Gasteiger partial charge is 0.226 e. The van der Waals surface area contributed by atoms with Gasteiger partial charge in [-0.05, 0) is 12.2 Å². The zero-order valence-electron chi connectivity index (χ0n) is 8.65. The minimum Gasteiger partial charge on any atom is -0.377 e. The van der Waals surface area contributed by atoms with Crippen LogP contribution in [0.4, 0.5) is 0 Å². The second-order valence-electron chi connectivity index (χ2n) is 3.98. The molecule has 2 heterocycles. The number of thioether (sulfide) groups is 1. The third kappa shape index (κ3) is 2.68. The van der Waals surface area contributed by atoms with Gasteiger partial charge in [-0.1, -0.05) is 15.9 Å². The van der Waals surface area contributed by atoms with Crippen LogP contribution in [0.15, 0.2) is 0 Å². The summed E-state index contributed by atoms with van der Waals surface area (Å²) in [4.78, 5) is 14.2. The highest BCUT2D eigenvalue weighted by atomic mass is 79.9. The van der Waals surface area contributed by atoms with Crippen LogP contribution in [0, 0.1) is 5.92 Å². The van der Waals surface area contributed by atoms with Crippen molar-refractivity contribution < 1.29 is 9.53 Å². The van der Waals surface area contributed by atoms with Gasteiger partial charge >= 0.3 is 0 Å². The summed E-state index contributed by atoms with van der Waals surface area (Å²) in [6.45, 7) is 2.13. The first-order valence-corrected chi connectivity index (χ1v) is 7.62. The predicted octanol–water partition coefficient (Wildman–Crippen LogP) is 1.36. The van der Waals surface area contributed by atoms with E-state index in [4.69, 9.17) is 4.74 Å². The highest BCUT2D eigenvalue weighted by Gasteiger charge is 2.32. The van der Waals surface area contributed by atoms with Gasteiger partial charge in [0, 0.05) is 23.5 Å². The lowest BCUT2D eigenvalue weighted by atomic mass is 10.1. The fourth-order valence-corrected chi connectivity index (χ4v) is 3.78. The molecule has 0 N–H and O–H groups in total. The zero-order chi connectivity index (χ0) is 10.7. The molecule has 2 rings (SSSR count). The number of rotatable bonds is 2. The minimum absolute atomic E-state index is 0.233. The Morgan fingerprint density at radius 2 is 2.47 bits per heavy atom. The van der Waals surface area contributed by atoms with E-state index in [1.165, 1.54) is 0 Å². The quantitative estimate of drug-likeness (QED) is 0.720. The van der Waals surface area contributed by atoms with Crippen LogP contribution in [0.3, 0.4) is 0 Å². The van der Waals surface area contributed by atoms with Crippen LogP contribution >= 0.6 is 27.7 Å². The molecule has 0 radical (unpaired) electrons. The molecule has 2 saturated heterocycles. The molecule has 2 fully saturated rings. The van der Waals surface area contributed by atoms with E-state index in [0.29, 0.717) is 19.1 Å². The van der Waals surface area contributed by atoms with Crippen molar-refractivity contribution in [2.75, 3.05) is 36.6 Å². The van der Waals surface area contributed by atoms with Gasteiger partial charge in [0.25, 0.3) is 0 Å². The van der Waals surface area contributed by atoms with Crippen molar-refractivity contribution in [3.63, 3.8) is 0 Å². The molecule has 15 heavy (non-hydrogen) atoms. The van der Waals surface area contributed by atoms with Crippen molar-refractivity contribution in [1.82, 2.24) is 4.90 Å². The van der Waals surface area contributed by atoms with Gasteiger partial charge in [-0.3, -0.25) is 4.79 Å². The van der Waals surface area contributed by atoms with Gasteiger partial charge in [0.05, 0.1) is 19.3 Å². The molecule has 0 aromatic carbocycles. The molecule has 2 unspecified atom stereocenters. The maximum absolute atomic E-state index is 12.2. The number of hydrogen-bond acceptors (Lipinski definition) is 3. The standard InChI is InChI=1S/C10H16BrNO2S/c11-5-9-6-14-3-2-12(9)10(13)8-1-4-15-7-8/h8-9H,1-7H2. The third-order valence-electron chi connectivity index (χ3n) is 2.97. The number of hydrogen-bond donors (Lipinski definition) is 0. The van der Waals surface area contributed by atoms with Crippen LogP contribution in [0.1, 0.15) is 6.42 Å². The Morgan fingerprint density at radius 3 is 3.13 bits per heavy atom. The number of carbonyl (C=O) groups excluding carboxylic acids is 1. The monoisotopic (exact) mass is 293 g/mol. The number of amides is 1. The van der Waals surface area contributed by atoms with Gasteiger partial charge < -0.3 is 9.64 Å². The van der Waals surface area contributed by atoms with Crippen molar-refractivity contribution in [2.24, 2.45) is 5.92 Å². The van der Waals surface area contributed by atoms with Crippen LogP contribution in [-0.4, -0.2) is 53.4 Å². The molecule has 0 aromatic heterocycles. The van der Waals surface area contributed by atoms with Gasteiger partial charge in [0.1, 0.15) is 0 Å². The first-order chi connectivity index (χ1) is 7.33. The Morgan fingerprint density at radius 1 is 1.60 bits per heavy atom. The number of ether oxygens (including phenoxy) is 1. The van der Waals surface area contributed by atoms with Crippen molar-refractivity contribution in [3.8, 4) is 0 Å². The lowest BCUT2D eigenvalue weighted by molar-refractivity contribution is -0.142. The summed E-state index contributed by atoms with van der Waals surface area (Å²) < 4.78 is 5.39. The summed E-state index contributed by atoms with van der Waals surface area (Å²) in [6, 6.07) is 0.233. The van der Waals surface area contributed by atoms with Crippen molar-refractivity contribution in [2.45, 2.75) is 12.5 Å². The lowest BCUT2D eigenvalue weighted by Crippen LogP contribution is -2.51. The Balaban J connectivity index is 1.96. The summed E-state index contributed by atoms with van der Waals surface area (Å²) in [5.74, 6) is 2.74. The predicted molar refractivity (Wildman–Crippen MR) is 65.5 cm³/mol. The first kappa shape index (κ1) is 11.7. The Hall–Kier alpha value is 0.260. The molecule has 0 aliphatic carbocycles. The number of alkyl halides is 1. The molecule has 0 bridgehead atoms. The van der Waals surface area contributed by atoms with Crippen LogP contribution in [0.25, 0.3) is 0 Å². The molecule has 1 amide bonds. The highest BCUT2D eigenvalue weighted by Crippen LogP contribution is 2.26. The molecular weight excluding hydrogens is 278 g/mol. The molecule has 0 aromatic rings. The molecule has 5 heteroatoms. The summed E-state index contributed by atoms with van der Waals surface area (Å²) in [7, 11) is 0. The molecular formula is C10H16BrNO2S. The molecule has 0 saturated carbocycles. The van der Waals surface area contributed by atoms with Gasteiger partial charge in [-0.15, -0.1) is 0 Å². The fraction of sp³-hybridized carbons (Fsp3) is 0.900. The van der Waals surface area contributed by atoms with Crippen LogP contribution in [0.2, 0.25) is 0 Å². The van der Waals surface area contributed by atoms with Gasteiger partial charge in [0.15, 0.2) is 0 Å².